The number of nitrogens with zero attached hydrogens (tertiary/aromatic N) is 1. The first-order valence-corrected chi connectivity index (χ1v) is 8.82. The highest BCUT2D eigenvalue weighted by Crippen LogP contribution is 2.22. The molecule has 20 heavy (non-hydrogen) atoms. The molecular formula is C15H20N2OS2. The molecule has 0 fully saturated rings. The van der Waals surface area contributed by atoms with Crippen LogP contribution in [0, 0.1) is 0 Å². The van der Waals surface area contributed by atoms with Crippen LogP contribution in [0.3, 0.4) is 0 Å². The van der Waals surface area contributed by atoms with Crippen molar-refractivity contribution in [2.45, 2.75) is 26.2 Å². The fourth-order valence-corrected chi connectivity index (χ4v) is 3.83. The van der Waals surface area contributed by atoms with Crippen LogP contribution in [0.25, 0.3) is 0 Å². The minimum atomic E-state index is 0.0680. The van der Waals surface area contributed by atoms with Gasteiger partial charge in [0.25, 0.3) is 0 Å². The van der Waals surface area contributed by atoms with E-state index in [1.54, 1.807) is 23.5 Å². The smallest absolute Gasteiger partial charge is 0.225 e. The SMILES string of the molecule is CC(C)c1ccc(NC(=O)CCSC2=NCCS2)cc1. The fourth-order valence-electron chi connectivity index (χ4n) is 1.81. The first-order chi connectivity index (χ1) is 9.65. The van der Waals surface area contributed by atoms with Gasteiger partial charge in [0, 0.05) is 23.6 Å². The second-order valence-electron chi connectivity index (χ2n) is 4.92. The lowest BCUT2D eigenvalue weighted by Crippen LogP contribution is -2.12. The van der Waals surface area contributed by atoms with Gasteiger partial charge in [0.2, 0.25) is 5.91 Å². The largest absolute Gasteiger partial charge is 0.326 e. The van der Waals surface area contributed by atoms with Crippen LogP contribution in [-0.2, 0) is 4.79 Å². The summed E-state index contributed by atoms with van der Waals surface area (Å²) in [6.07, 6.45) is 0.524. The Morgan fingerprint density at radius 3 is 2.75 bits per heavy atom. The zero-order valence-corrected chi connectivity index (χ0v) is 13.5. The predicted octanol–water partition coefficient (Wildman–Crippen LogP) is 3.97. The van der Waals surface area contributed by atoms with Crippen LogP contribution in [0.15, 0.2) is 29.3 Å². The van der Waals surface area contributed by atoms with Crippen molar-refractivity contribution in [1.29, 1.82) is 0 Å². The van der Waals surface area contributed by atoms with Crippen LogP contribution in [0.5, 0.6) is 0 Å². The van der Waals surface area contributed by atoms with Crippen LogP contribution in [0.2, 0.25) is 0 Å². The van der Waals surface area contributed by atoms with Gasteiger partial charge in [-0.15, -0.1) is 0 Å². The van der Waals surface area contributed by atoms with Gasteiger partial charge in [-0.3, -0.25) is 9.79 Å². The number of rotatable bonds is 5. The molecule has 1 aromatic carbocycles. The molecule has 108 valence electrons. The Morgan fingerprint density at radius 1 is 1.40 bits per heavy atom. The van der Waals surface area contributed by atoms with Gasteiger partial charge in [-0.25, -0.2) is 0 Å². The van der Waals surface area contributed by atoms with E-state index in [9.17, 15) is 4.79 Å². The number of carbonyl (C=O) groups is 1. The van der Waals surface area contributed by atoms with Crippen LogP contribution < -0.4 is 5.32 Å². The maximum Gasteiger partial charge on any atom is 0.225 e. The summed E-state index contributed by atoms with van der Waals surface area (Å²) in [6, 6.07) is 8.08. The van der Waals surface area contributed by atoms with Crippen molar-refractivity contribution in [2.75, 3.05) is 23.4 Å². The van der Waals surface area contributed by atoms with E-state index in [0.717, 1.165) is 28.1 Å². The molecule has 3 nitrogen and oxygen atoms in total. The van der Waals surface area contributed by atoms with E-state index in [4.69, 9.17) is 0 Å². The van der Waals surface area contributed by atoms with Crippen molar-refractivity contribution in [3.05, 3.63) is 29.8 Å². The summed E-state index contributed by atoms with van der Waals surface area (Å²) in [5.74, 6) is 2.46. The maximum atomic E-state index is 11.8. The maximum absolute atomic E-state index is 11.8. The van der Waals surface area contributed by atoms with Gasteiger partial charge in [-0.1, -0.05) is 49.5 Å². The molecule has 1 aromatic rings. The number of benzene rings is 1. The first-order valence-electron chi connectivity index (χ1n) is 6.85. The van der Waals surface area contributed by atoms with Gasteiger partial charge in [0.05, 0.1) is 6.54 Å². The third-order valence-electron chi connectivity index (χ3n) is 2.97. The Balaban J connectivity index is 1.73. The number of hydrogen-bond donors (Lipinski definition) is 1. The molecule has 1 aliphatic rings. The number of carbonyl (C=O) groups excluding carboxylic acids is 1. The van der Waals surface area contributed by atoms with Crippen LogP contribution in [0.4, 0.5) is 5.69 Å². The van der Waals surface area contributed by atoms with E-state index >= 15 is 0 Å². The van der Waals surface area contributed by atoms with Crippen molar-refractivity contribution < 1.29 is 4.79 Å². The van der Waals surface area contributed by atoms with Gasteiger partial charge in [-0.2, -0.15) is 0 Å². The molecule has 2 rings (SSSR count). The minimum absolute atomic E-state index is 0.0680. The van der Waals surface area contributed by atoms with Crippen molar-refractivity contribution in [3.63, 3.8) is 0 Å². The van der Waals surface area contributed by atoms with Gasteiger partial charge < -0.3 is 5.32 Å². The fraction of sp³-hybridized carbons (Fsp3) is 0.467. The second kappa shape index (κ2) is 7.74. The topological polar surface area (TPSA) is 41.5 Å². The molecule has 0 aliphatic carbocycles. The number of hydrogen-bond acceptors (Lipinski definition) is 4. The number of nitrogens with one attached hydrogen (secondary N) is 1. The van der Waals surface area contributed by atoms with E-state index < -0.39 is 0 Å². The lowest BCUT2D eigenvalue weighted by atomic mass is 10.0. The molecule has 1 aliphatic heterocycles. The highest BCUT2D eigenvalue weighted by atomic mass is 32.2. The molecule has 0 unspecified atom stereocenters. The summed E-state index contributed by atoms with van der Waals surface area (Å²) >= 11 is 3.46. The van der Waals surface area contributed by atoms with E-state index in [1.807, 2.05) is 12.1 Å². The lowest BCUT2D eigenvalue weighted by Gasteiger charge is -2.08. The molecular weight excluding hydrogens is 288 g/mol. The Hall–Kier alpha value is -0.940. The Labute approximate surface area is 129 Å². The molecule has 5 heteroatoms. The van der Waals surface area contributed by atoms with E-state index in [2.05, 4.69) is 36.3 Å². The number of anilines is 1. The predicted molar refractivity (Wildman–Crippen MR) is 91.0 cm³/mol. The molecule has 0 atom stereocenters. The molecule has 0 bridgehead atoms. The Morgan fingerprint density at radius 2 is 2.15 bits per heavy atom. The first kappa shape index (κ1) is 15.4. The monoisotopic (exact) mass is 308 g/mol. The van der Waals surface area contributed by atoms with Crippen molar-refractivity contribution in [3.8, 4) is 0 Å². The molecule has 0 spiro atoms. The molecule has 1 heterocycles. The van der Waals surface area contributed by atoms with Gasteiger partial charge in [0.15, 0.2) is 0 Å². The van der Waals surface area contributed by atoms with Crippen LogP contribution in [0.1, 0.15) is 31.7 Å². The third-order valence-corrected chi connectivity index (χ3v) is 5.23. The average Bonchev–Trinajstić information content (AvgIpc) is 2.92. The van der Waals surface area contributed by atoms with E-state index in [-0.39, 0.29) is 5.91 Å². The summed E-state index contributed by atoms with van der Waals surface area (Å²) in [6.45, 7) is 5.24. The van der Waals surface area contributed by atoms with Crippen molar-refractivity contribution in [2.24, 2.45) is 4.99 Å². The van der Waals surface area contributed by atoms with Crippen LogP contribution in [-0.4, -0.2) is 28.3 Å². The molecule has 0 saturated carbocycles. The average molecular weight is 308 g/mol. The highest BCUT2D eigenvalue weighted by molar-refractivity contribution is 8.39. The number of amides is 1. The normalized spacial score (nSPS) is 14.4. The summed E-state index contributed by atoms with van der Waals surface area (Å²) in [7, 11) is 0. The summed E-state index contributed by atoms with van der Waals surface area (Å²) < 4.78 is 1.12. The van der Waals surface area contributed by atoms with E-state index in [0.29, 0.717) is 12.3 Å². The Kier molecular flexibility index (Phi) is 5.98. The van der Waals surface area contributed by atoms with Crippen molar-refractivity contribution >= 4 is 39.5 Å². The summed E-state index contributed by atoms with van der Waals surface area (Å²) in [5.41, 5.74) is 2.16. The van der Waals surface area contributed by atoms with Crippen molar-refractivity contribution in [1.82, 2.24) is 0 Å². The molecule has 0 aromatic heterocycles. The third kappa shape index (κ3) is 4.87. The van der Waals surface area contributed by atoms with Gasteiger partial charge in [0.1, 0.15) is 4.38 Å². The number of thioether (sulfide) groups is 2. The van der Waals surface area contributed by atoms with E-state index in [1.165, 1.54) is 5.56 Å². The molecule has 0 radical (unpaired) electrons. The Bertz CT molecular complexity index is 483. The second-order valence-corrected chi connectivity index (χ2v) is 7.35. The zero-order valence-electron chi connectivity index (χ0n) is 11.9. The summed E-state index contributed by atoms with van der Waals surface area (Å²) in [4.78, 5) is 16.2. The molecule has 1 N–H and O–H groups in total. The standard InChI is InChI=1S/C15H20N2OS2/c1-11(2)12-3-5-13(6-4-12)17-14(18)7-9-19-15-16-8-10-20-15/h3-6,11H,7-10H2,1-2H3,(H,17,18). The van der Waals surface area contributed by atoms with Gasteiger partial charge >= 0.3 is 0 Å². The van der Waals surface area contributed by atoms with Crippen LogP contribution >= 0.6 is 23.5 Å². The molecule has 1 amide bonds. The highest BCUT2D eigenvalue weighted by Gasteiger charge is 2.09. The lowest BCUT2D eigenvalue weighted by molar-refractivity contribution is -0.115. The summed E-state index contributed by atoms with van der Waals surface area (Å²) in [5, 5.41) is 2.93. The quantitative estimate of drug-likeness (QED) is 0.894. The van der Waals surface area contributed by atoms with Gasteiger partial charge in [-0.05, 0) is 23.6 Å². The number of aliphatic imine (C=N–C) groups is 1. The minimum Gasteiger partial charge on any atom is -0.326 e. The zero-order chi connectivity index (χ0) is 14.4. The molecule has 0 saturated heterocycles.